The van der Waals surface area contributed by atoms with Crippen molar-refractivity contribution in [3.63, 3.8) is 0 Å². The van der Waals surface area contributed by atoms with E-state index in [1.807, 2.05) is 0 Å². The van der Waals surface area contributed by atoms with Crippen LogP contribution in [0.1, 0.15) is 38.1 Å². The van der Waals surface area contributed by atoms with Gasteiger partial charge in [-0.05, 0) is 72.5 Å². The van der Waals surface area contributed by atoms with Crippen LogP contribution in [-0.2, 0) is 4.79 Å². The zero-order chi connectivity index (χ0) is 26.9. The number of aromatic amines is 1. The molecule has 2 heterocycles. The highest BCUT2D eigenvalue weighted by atomic mass is 35.5. The molecule has 0 bridgehead atoms. The second-order valence-corrected chi connectivity index (χ2v) is 10.1. The number of carbonyl (C=O) groups excluding carboxylic acids is 1. The van der Waals surface area contributed by atoms with Gasteiger partial charge in [0.25, 0.3) is 0 Å². The van der Waals surface area contributed by atoms with Gasteiger partial charge < -0.3 is 9.88 Å². The smallest absolute Gasteiger partial charge is 0.247 e. The van der Waals surface area contributed by atoms with Crippen LogP contribution in [0.2, 0.25) is 5.02 Å². The molecule has 1 amide bonds. The minimum atomic E-state index is -0.994. The number of rotatable bonds is 6. The van der Waals surface area contributed by atoms with Crippen molar-refractivity contribution in [1.82, 2.24) is 30.2 Å². The number of fused-ring (bicyclic) bond motifs is 1. The number of nitrogens with zero attached hydrogens (tertiary/aromatic N) is 5. The van der Waals surface area contributed by atoms with E-state index in [1.54, 1.807) is 53.1 Å². The van der Waals surface area contributed by atoms with Crippen molar-refractivity contribution in [2.75, 3.05) is 5.32 Å². The second-order valence-electron chi connectivity index (χ2n) is 9.71. The molecular weight excluding hydrogens is 524 g/mol. The molecule has 0 spiro atoms. The number of tetrazole rings is 1. The molecule has 1 aliphatic carbocycles. The third-order valence-electron chi connectivity index (χ3n) is 7.23. The molecule has 0 radical (unpaired) electrons. The Morgan fingerprint density at radius 3 is 2.36 bits per heavy atom. The van der Waals surface area contributed by atoms with Gasteiger partial charge in [0.1, 0.15) is 11.9 Å². The van der Waals surface area contributed by atoms with E-state index in [-0.39, 0.29) is 17.3 Å². The summed E-state index contributed by atoms with van der Waals surface area (Å²) in [5, 5.41) is 17.5. The van der Waals surface area contributed by atoms with Gasteiger partial charge in [-0.2, -0.15) is 5.21 Å². The third-order valence-corrected chi connectivity index (χ3v) is 7.49. The van der Waals surface area contributed by atoms with Crippen LogP contribution >= 0.6 is 11.6 Å². The van der Waals surface area contributed by atoms with Gasteiger partial charge in [0.15, 0.2) is 11.6 Å². The molecule has 3 aromatic carbocycles. The zero-order valence-corrected chi connectivity index (χ0v) is 21.5. The highest BCUT2D eigenvalue weighted by Crippen LogP contribution is 2.39. The maximum absolute atomic E-state index is 14.6. The van der Waals surface area contributed by atoms with Crippen LogP contribution in [0.25, 0.3) is 33.8 Å². The van der Waals surface area contributed by atoms with Gasteiger partial charge in [0, 0.05) is 34.0 Å². The van der Waals surface area contributed by atoms with Crippen LogP contribution in [0, 0.1) is 17.6 Å². The number of carbonyl (C=O) groups is 1. The fourth-order valence-electron chi connectivity index (χ4n) is 5.37. The van der Waals surface area contributed by atoms with Gasteiger partial charge >= 0.3 is 0 Å². The van der Waals surface area contributed by atoms with Crippen molar-refractivity contribution in [3.05, 3.63) is 77.3 Å². The summed E-state index contributed by atoms with van der Waals surface area (Å²) in [5.41, 5.74) is 2.65. The Morgan fingerprint density at radius 2 is 1.67 bits per heavy atom. The third kappa shape index (κ3) is 4.99. The quantitative estimate of drug-likeness (QED) is 0.250. The number of hydrogen-bond acceptors (Lipinski definition) is 5. The van der Waals surface area contributed by atoms with Gasteiger partial charge in [-0.15, -0.1) is 10.2 Å². The Labute approximate surface area is 227 Å². The second kappa shape index (κ2) is 10.5. The first-order valence-corrected chi connectivity index (χ1v) is 13.1. The first-order chi connectivity index (χ1) is 19.0. The van der Waals surface area contributed by atoms with E-state index >= 15 is 0 Å². The molecule has 1 aliphatic rings. The summed E-state index contributed by atoms with van der Waals surface area (Å²) in [4.78, 5) is 18.7. The number of nitrogens with one attached hydrogen (secondary N) is 2. The number of H-pyrrole nitrogens is 1. The Hall–Kier alpha value is -4.18. The van der Waals surface area contributed by atoms with Crippen molar-refractivity contribution in [3.8, 4) is 22.8 Å². The first-order valence-electron chi connectivity index (χ1n) is 12.8. The number of halogens is 3. The van der Waals surface area contributed by atoms with Crippen molar-refractivity contribution < 1.29 is 13.6 Å². The number of imidazole rings is 1. The Kier molecular flexibility index (Phi) is 6.78. The van der Waals surface area contributed by atoms with Crippen molar-refractivity contribution in [2.24, 2.45) is 5.92 Å². The van der Waals surface area contributed by atoms with E-state index in [4.69, 9.17) is 11.6 Å². The molecule has 2 aromatic heterocycles. The van der Waals surface area contributed by atoms with E-state index in [0.29, 0.717) is 33.4 Å². The van der Waals surface area contributed by atoms with E-state index < -0.39 is 17.7 Å². The molecule has 1 fully saturated rings. The minimum Gasteiger partial charge on any atom is -0.324 e. The van der Waals surface area contributed by atoms with E-state index in [9.17, 15) is 13.6 Å². The molecular formula is C28H24ClF2N7O. The van der Waals surface area contributed by atoms with Gasteiger partial charge in [0.2, 0.25) is 11.7 Å². The standard InChI is InChI=1S/C28H24ClF2N7O/c29-19-10-6-18(7-11-19)27-33-23-14-21(30)22(31)15-24(23)38(27)25(16-4-2-1-3-5-16)28(39)32-20-12-8-17(9-13-20)26-34-36-37-35-26/h6-16,25H,1-5H2,(H,32,39)(H,34,35,36,37). The molecule has 8 nitrogen and oxygen atoms in total. The summed E-state index contributed by atoms with van der Waals surface area (Å²) < 4.78 is 30.6. The molecule has 1 saturated carbocycles. The maximum atomic E-state index is 14.6. The summed E-state index contributed by atoms with van der Waals surface area (Å²) in [6.07, 6.45) is 4.73. The summed E-state index contributed by atoms with van der Waals surface area (Å²) in [6.45, 7) is 0. The molecule has 2 N–H and O–H groups in total. The molecule has 5 aromatic rings. The fraction of sp³-hybridized carbons (Fsp3) is 0.250. The van der Waals surface area contributed by atoms with Gasteiger partial charge in [-0.3, -0.25) is 4.79 Å². The van der Waals surface area contributed by atoms with Crippen molar-refractivity contribution >= 4 is 34.2 Å². The number of aromatic nitrogens is 6. The molecule has 11 heteroatoms. The van der Waals surface area contributed by atoms with Gasteiger partial charge in [-0.25, -0.2) is 13.8 Å². The lowest BCUT2D eigenvalue weighted by Gasteiger charge is -2.32. The van der Waals surface area contributed by atoms with Gasteiger partial charge in [-0.1, -0.05) is 30.9 Å². The first kappa shape index (κ1) is 25.1. The van der Waals surface area contributed by atoms with Crippen molar-refractivity contribution in [1.29, 1.82) is 0 Å². The SMILES string of the molecule is O=C(Nc1ccc(-c2nn[nH]n2)cc1)C(C1CCCCC1)n1c(-c2ccc(Cl)cc2)nc2cc(F)c(F)cc21. The summed E-state index contributed by atoms with van der Waals surface area (Å²) >= 11 is 6.12. The van der Waals surface area contributed by atoms with Crippen LogP contribution in [0.5, 0.6) is 0 Å². The van der Waals surface area contributed by atoms with E-state index in [1.165, 1.54) is 0 Å². The van der Waals surface area contributed by atoms with E-state index in [0.717, 1.165) is 49.8 Å². The average Bonchev–Trinajstić information content (AvgIpc) is 3.60. The maximum Gasteiger partial charge on any atom is 0.247 e. The monoisotopic (exact) mass is 547 g/mol. The van der Waals surface area contributed by atoms with Crippen LogP contribution in [0.15, 0.2) is 60.7 Å². The van der Waals surface area contributed by atoms with Crippen LogP contribution in [-0.4, -0.2) is 36.1 Å². The lowest BCUT2D eigenvalue weighted by atomic mass is 9.83. The van der Waals surface area contributed by atoms with Crippen LogP contribution < -0.4 is 5.32 Å². The van der Waals surface area contributed by atoms with Crippen molar-refractivity contribution in [2.45, 2.75) is 38.1 Å². The highest BCUT2D eigenvalue weighted by molar-refractivity contribution is 6.30. The molecule has 0 aliphatic heterocycles. The summed E-state index contributed by atoms with van der Waals surface area (Å²) in [5.74, 6) is -1.37. The topological polar surface area (TPSA) is 101 Å². The predicted octanol–water partition coefficient (Wildman–Crippen LogP) is 6.58. The molecule has 6 rings (SSSR count). The predicted molar refractivity (Wildman–Crippen MR) is 144 cm³/mol. The average molecular weight is 548 g/mol. The molecule has 198 valence electrons. The molecule has 0 saturated heterocycles. The Bertz CT molecular complexity index is 1610. The lowest BCUT2D eigenvalue weighted by Crippen LogP contribution is -2.33. The number of anilines is 1. The van der Waals surface area contributed by atoms with Gasteiger partial charge in [0.05, 0.1) is 11.0 Å². The highest BCUT2D eigenvalue weighted by Gasteiger charge is 2.35. The molecule has 1 atom stereocenters. The lowest BCUT2D eigenvalue weighted by molar-refractivity contribution is -0.121. The normalized spacial score (nSPS) is 14.9. The molecule has 1 unspecified atom stereocenters. The Morgan fingerprint density at radius 1 is 0.974 bits per heavy atom. The largest absolute Gasteiger partial charge is 0.324 e. The number of benzene rings is 3. The zero-order valence-electron chi connectivity index (χ0n) is 20.7. The fourth-order valence-corrected chi connectivity index (χ4v) is 5.50. The number of amides is 1. The summed E-state index contributed by atoms with van der Waals surface area (Å²) in [6, 6.07) is 15.6. The summed E-state index contributed by atoms with van der Waals surface area (Å²) in [7, 11) is 0. The van der Waals surface area contributed by atoms with Crippen LogP contribution in [0.4, 0.5) is 14.5 Å². The van der Waals surface area contributed by atoms with E-state index in [2.05, 4.69) is 30.9 Å². The minimum absolute atomic E-state index is 0.0195. The van der Waals surface area contributed by atoms with Crippen LogP contribution in [0.3, 0.4) is 0 Å². The number of hydrogen-bond donors (Lipinski definition) is 2. The molecule has 39 heavy (non-hydrogen) atoms. The Balaban J connectivity index is 1.45.